The van der Waals surface area contributed by atoms with Gasteiger partial charge in [-0.05, 0) is 81.0 Å². The summed E-state index contributed by atoms with van der Waals surface area (Å²) in [6, 6.07) is 14.7. The molecule has 0 spiro atoms. The van der Waals surface area contributed by atoms with E-state index in [0.29, 0.717) is 98.9 Å². The monoisotopic (exact) mass is 877 g/mol. The fourth-order valence-corrected chi connectivity index (χ4v) is 9.66. The van der Waals surface area contributed by atoms with Crippen LogP contribution in [0.3, 0.4) is 0 Å². The van der Waals surface area contributed by atoms with Crippen LogP contribution in [0.25, 0.3) is 0 Å². The van der Waals surface area contributed by atoms with Gasteiger partial charge in [0.1, 0.15) is 36.5 Å². The number of halogens is 2. The first-order chi connectivity index (χ1) is 30.4. The fourth-order valence-electron chi connectivity index (χ4n) is 9.44. The first-order valence-corrected chi connectivity index (χ1v) is 21.5. The molecule has 2 saturated heterocycles. The van der Waals surface area contributed by atoms with Crippen molar-refractivity contribution in [3.8, 4) is 6.07 Å². The maximum absolute atomic E-state index is 15.4. The SMILES string of the molecule is N#Cc1ccc(N2CCc3c(ncnc3Nc3ccc(C(=O)NC4CCC(C(=O)N5CCN(c6ccc7c(c6)C(O)N(C6CCC(=O)NC6=O)C7O)CC5)CC4)c(F)n3)C2)cc1Cl. The molecule has 0 radical (unpaired) electrons. The zero-order chi connectivity index (χ0) is 43.9. The summed E-state index contributed by atoms with van der Waals surface area (Å²) in [6.45, 7) is 3.27. The second kappa shape index (κ2) is 17.5. The topological polar surface area (TPSA) is 220 Å². The predicted octanol–water partition coefficient (Wildman–Crippen LogP) is 3.58. The fraction of sp³-hybridized carbons (Fsp3) is 0.409. The molecule has 2 aromatic carbocycles. The lowest BCUT2D eigenvalue weighted by Gasteiger charge is -2.39. The molecule has 3 atom stereocenters. The predicted molar refractivity (Wildman–Crippen MR) is 227 cm³/mol. The van der Waals surface area contributed by atoms with Crippen molar-refractivity contribution in [3.05, 3.63) is 99.3 Å². The van der Waals surface area contributed by atoms with Gasteiger partial charge in [-0.15, -0.1) is 0 Å². The van der Waals surface area contributed by atoms with Gasteiger partial charge >= 0.3 is 0 Å². The largest absolute Gasteiger partial charge is 0.374 e. The number of nitrogens with zero attached hydrogens (tertiary/aromatic N) is 8. The number of benzene rings is 2. The van der Waals surface area contributed by atoms with Crippen LogP contribution in [0.4, 0.5) is 27.4 Å². The molecule has 3 unspecified atom stereocenters. The number of nitriles is 1. The molecule has 1 saturated carbocycles. The summed E-state index contributed by atoms with van der Waals surface area (Å²) in [6.07, 6.45) is 2.26. The lowest BCUT2D eigenvalue weighted by molar-refractivity contribution is -0.154. The summed E-state index contributed by atoms with van der Waals surface area (Å²) in [4.78, 5) is 71.3. The van der Waals surface area contributed by atoms with Gasteiger partial charge in [-0.1, -0.05) is 17.7 Å². The molecule has 4 aliphatic heterocycles. The number of carbonyl (C=O) groups is 4. The number of hydrogen-bond acceptors (Lipinski definition) is 14. The van der Waals surface area contributed by atoms with E-state index in [9.17, 15) is 34.7 Å². The Morgan fingerprint density at radius 3 is 2.35 bits per heavy atom. The van der Waals surface area contributed by atoms with Crippen LogP contribution < -0.4 is 25.8 Å². The van der Waals surface area contributed by atoms with Gasteiger partial charge in [-0.2, -0.15) is 9.65 Å². The zero-order valence-electron chi connectivity index (χ0n) is 34.1. The number of aliphatic hydroxyl groups is 2. The minimum absolute atomic E-state index is 0.0728. The van der Waals surface area contributed by atoms with Gasteiger partial charge in [0.25, 0.3) is 5.91 Å². The quantitative estimate of drug-likeness (QED) is 0.126. The molecule has 4 aromatic rings. The van der Waals surface area contributed by atoms with Crippen molar-refractivity contribution in [2.75, 3.05) is 47.8 Å². The number of fused-ring (bicyclic) bond motifs is 2. The summed E-state index contributed by atoms with van der Waals surface area (Å²) >= 11 is 6.27. The van der Waals surface area contributed by atoms with Crippen LogP contribution in [0.2, 0.25) is 5.02 Å². The Balaban J connectivity index is 0.742. The molecule has 0 bridgehead atoms. The molecule has 5 aliphatic rings. The standard InChI is InChI=1S/C44H45ClFN11O6/c45-33-20-28(6-3-25(33)21-47)56-14-13-30-34(22-56)48-23-49-39(30)52-36-11-9-31(38(46)51-36)40(59)50-26-4-1-24(2-5-26)42(61)55-17-15-54(16-18-55)27-7-8-29-32(19-27)44(63)57(43(29)62)35-10-12-37(58)53-41(35)60/h3,6-9,11,19-20,23-24,26,35,43-44,62-63H,1-2,4-5,10,12-18,22H2,(H,50,59)(H,53,58,60)(H,48,49,51,52). The summed E-state index contributed by atoms with van der Waals surface area (Å²) < 4.78 is 15.4. The highest BCUT2D eigenvalue weighted by molar-refractivity contribution is 6.32. The number of piperidine rings is 1. The number of anilines is 4. The molecule has 9 rings (SSSR count). The van der Waals surface area contributed by atoms with Crippen LogP contribution in [0.5, 0.6) is 0 Å². The summed E-state index contributed by atoms with van der Waals surface area (Å²) in [7, 11) is 0. The molecular weight excluding hydrogens is 833 g/mol. The Labute approximate surface area is 366 Å². The lowest BCUT2D eigenvalue weighted by Crippen LogP contribution is -2.52. The minimum atomic E-state index is -1.22. The third kappa shape index (κ3) is 8.36. The van der Waals surface area contributed by atoms with Gasteiger partial charge in [0.2, 0.25) is 23.7 Å². The molecule has 1 aliphatic carbocycles. The Bertz CT molecular complexity index is 2520. The van der Waals surface area contributed by atoms with Crippen molar-refractivity contribution in [3.63, 3.8) is 0 Å². The molecular formula is C44H45ClFN11O6. The van der Waals surface area contributed by atoms with E-state index in [4.69, 9.17) is 11.6 Å². The van der Waals surface area contributed by atoms with E-state index in [0.717, 1.165) is 22.6 Å². The number of aliphatic hydroxyl groups excluding tert-OH is 2. The average Bonchev–Trinajstić information content (AvgIpc) is 3.53. The average molecular weight is 878 g/mol. The highest BCUT2D eigenvalue weighted by Crippen LogP contribution is 2.43. The van der Waals surface area contributed by atoms with E-state index >= 15 is 4.39 Å². The first kappa shape index (κ1) is 42.1. The van der Waals surface area contributed by atoms with Crippen LogP contribution in [0, 0.1) is 23.2 Å². The number of imide groups is 1. The molecule has 3 fully saturated rings. The smallest absolute Gasteiger partial charge is 0.256 e. The number of carbonyl (C=O) groups excluding carboxylic acids is 4. The van der Waals surface area contributed by atoms with Crippen molar-refractivity contribution >= 4 is 58.2 Å². The molecule has 326 valence electrons. The molecule has 63 heavy (non-hydrogen) atoms. The second-order valence-electron chi connectivity index (χ2n) is 16.6. The van der Waals surface area contributed by atoms with E-state index < -0.39 is 36.3 Å². The third-order valence-electron chi connectivity index (χ3n) is 12.9. The number of aromatic nitrogens is 3. The highest BCUT2D eigenvalue weighted by atomic mass is 35.5. The molecule has 2 aromatic heterocycles. The van der Waals surface area contributed by atoms with Gasteiger partial charge < -0.3 is 35.5 Å². The first-order valence-electron chi connectivity index (χ1n) is 21.1. The van der Waals surface area contributed by atoms with Gasteiger partial charge in [-0.25, -0.2) is 19.9 Å². The van der Waals surface area contributed by atoms with Gasteiger partial charge in [0, 0.05) is 79.2 Å². The number of rotatable bonds is 8. The second-order valence-corrected chi connectivity index (χ2v) is 17.0. The number of hydrogen-bond donors (Lipinski definition) is 5. The van der Waals surface area contributed by atoms with E-state index in [1.807, 2.05) is 23.1 Å². The van der Waals surface area contributed by atoms with Crippen molar-refractivity contribution in [2.45, 2.75) is 76.0 Å². The van der Waals surface area contributed by atoms with Crippen LogP contribution >= 0.6 is 11.6 Å². The van der Waals surface area contributed by atoms with E-state index in [1.165, 1.54) is 23.4 Å². The number of pyridine rings is 1. The number of amides is 4. The van der Waals surface area contributed by atoms with E-state index in [2.05, 4.69) is 46.8 Å². The van der Waals surface area contributed by atoms with Crippen molar-refractivity contribution in [1.82, 2.24) is 35.4 Å². The van der Waals surface area contributed by atoms with Crippen LogP contribution in [0.15, 0.2) is 54.9 Å². The normalized spacial score (nSPS) is 23.7. The van der Waals surface area contributed by atoms with Crippen molar-refractivity contribution < 1.29 is 33.8 Å². The number of nitrogens with one attached hydrogen (secondary N) is 3. The maximum Gasteiger partial charge on any atom is 0.256 e. The molecule has 17 nitrogen and oxygen atoms in total. The zero-order valence-corrected chi connectivity index (χ0v) is 34.9. The maximum atomic E-state index is 15.4. The molecule has 19 heteroatoms. The van der Waals surface area contributed by atoms with Crippen LogP contribution in [0.1, 0.15) is 89.3 Å². The molecule has 4 amide bonds. The van der Waals surface area contributed by atoms with Crippen molar-refractivity contribution in [1.29, 1.82) is 5.26 Å². The van der Waals surface area contributed by atoms with Crippen LogP contribution in [-0.2, 0) is 27.3 Å². The third-order valence-corrected chi connectivity index (χ3v) is 13.2. The van der Waals surface area contributed by atoms with Crippen LogP contribution in [-0.4, -0.2) is 103 Å². The van der Waals surface area contributed by atoms with Crippen molar-refractivity contribution in [2.24, 2.45) is 5.92 Å². The summed E-state index contributed by atoms with van der Waals surface area (Å²) in [5.74, 6) is -1.83. The Morgan fingerprint density at radius 2 is 1.62 bits per heavy atom. The Morgan fingerprint density at radius 1 is 0.873 bits per heavy atom. The van der Waals surface area contributed by atoms with E-state index in [-0.39, 0.29) is 48.0 Å². The van der Waals surface area contributed by atoms with Gasteiger partial charge in [-0.3, -0.25) is 24.5 Å². The molecule has 6 heterocycles. The lowest BCUT2D eigenvalue weighted by atomic mass is 9.85. The van der Waals surface area contributed by atoms with Gasteiger partial charge in [0.15, 0.2) is 0 Å². The molecule has 5 N–H and O–H groups in total. The summed E-state index contributed by atoms with van der Waals surface area (Å²) in [5, 5.41) is 40.1. The van der Waals surface area contributed by atoms with E-state index in [1.54, 1.807) is 18.2 Å². The van der Waals surface area contributed by atoms with Gasteiger partial charge in [0.05, 0.1) is 34.4 Å². The Hall–Kier alpha value is -6.26. The summed E-state index contributed by atoms with van der Waals surface area (Å²) in [5.41, 5.74) is 4.58. The minimum Gasteiger partial charge on any atom is -0.374 e. The highest BCUT2D eigenvalue weighted by Gasteiger charge is 2.45. The Kier molecular flexibility index (Phi) is 11.7. The number of piperazine rings is 1.